The molecule has 2 aliphatic rings. The van der Waals surface area contributed by atoms with E-state index in [0.717, 1.165) is 37.3 Å². The highest BCUT2D eigenvalue weighted by Crippen LogP contribution is 2.47. The molecule has 0 spiro atoms. The first-order valence-corrected chi connectivity index (χ1v) is 7.45. The van der Waals surface area contributed by atoms with Crippen LogP contribution in [0.3, 0.4) is 0 Å². The number of halogens is 4. The van der Waals surface area contributed by atoms with Crippen LogP contribution in [0.25, 0.3) is 0 Å². The van der Waals surface area contributed by atoms with Crippen LogP contribution in [0.15, 0.2) is 12.1 Å². The topological polar surface area (TPSA) is 15.3 Å². The summed E-state index contributed by atoms with van der Waals surface area (Å²) in [4.78, 5) is 2.40. The molecule has 0 amide bonds. The maximum absolute atomic E-state index is 14.3. The summed E-state index contributed by atoms with van der Waals surface area (Å²) in [6.07, 6.45) is 2.39. The van der Waals surface area contributed by atoms with Crippen LogP contribution in [0, 0.1) is 18.7 Å². The van der Waals surface area contributed by atoms with E-state index in [1.165, 1.54) is 12.8 Å². The van der Waals surface area contributed by atoms with Gasteiger partial charge in [0.25, 0.3) is 0 Å². The van der Waals surface area contributed by atoms with Crippen molar-refractivity contribution in [1.29, 1.82) is 0 Å². The van der Waals surface area contributed by atoms with Crippen molar-refractivity contribution in [2.45, 2.75) is 25.8 Å². The lowest BCUT2D eigenvalue weighted by Gasteiger charge is -2.36. The van der Waals surface area contributed by atoms with Gasteiger partial charge in [0.15, 0.2) is 0 Å². The maximum atomic E-state index is 14.3. The second-order valence-corrected chi connectivity index (χ2v) is 6.04. The summed E-state index contributed by atoms with van der Waals surface area (Å²) in [6, 6.07) is 3.49. The number of hydrogen-bond acceptors (Lipinski definition) is 2. The summed E-state index contributed by atoms with van der Waals surface area (Å²) in [5, 5.41) is 3.97. The molecule has 0 bridgehead atoms. The van der Waals surface area contributed by atoms with Crippen LogP contribution in [0.5, 0.6) is 0 Å². The standard InChI is InChI=1S/C15H20ClFN2.2ClH/c1-10-2-5-12(17)13(14(10)16)15(11-3-4-11)19-8-6-18-7-9-19;;/h2,5,11,15,18H,3-4,6-9H2,1H3;2*1H/t15-;;/m1../s1. The molecule has 1 aliphatic heterocycles. The van der Waals surface area contributed by atoms with Crippen molar-refractivity contribution in [3.63, 3.8) is 0 Å². The van der Waals surface area contributed by atoms with Crippen molar-refractivity contribution in [2.24, 2.45) is 5.92 Å². The molecule has 0 aromatic heterocycles. The van der Waals surface area contributed by atoms with Gasteiger partial charge in [0.05, 0.1) is 5.02 Å². The molecule has 1 saturated carbocycles. The lowest BCUT2D eigenvalue weighted by atomic mass is 9.97. The molecule has 0 radical (unpaired) electrons. The highest BCUT2D eigenvalue weighted by molar-refractivity contribution is 6.32. The Hall–Kier alpha value is -0.0600. The molecule has 120 valence electrons. The van der Waals surface area contributed by atoms with Gasteiger partial charge in [0.2, 0.25) is 0 Å². The van der Waals surface area contributed by atoms with E-state index >= 15 is 0 Å². The highest BCUT2D eigenvalue weighted by Gasteiger charge is 2.39. The molecule has 1 aromatic rings. The Morgan fingerprint density at radius 2 is 1.86 bits per heavy atom. The average Bonchev–Trinajstić information content (AvgIpc) is 3.24. The summed E-state index contributed by atoms with van der Waals surface area (Å²) >= 11 is 6.40. The van der Waals surface area contributed by atoms with Gasteiger partial charge in [0, 0.05) is 37.8 Å². The second-order valence-electron chi connectivity index (χ2n) is 5.66. The summed E-state index contributed by atoms with van der Waals surface area (Å²) in [7, 11) is 0. The number of nitrogens with zero attached hydrogens (tertiary/aromatic N) is 1. The molecule has 1 aliphatic carbocycles. The lowest BCUT2D eigenvalue weighted by molar-refractivity contribution is 0.153. The molecule has 1 atom stereocenters. The van der Waals surface area contributed by atoms with Crippen molar-refractivity contribution in [2.75, 3.05) is 26.2 Å². The quantitative estimate of drug-likeness (QED) is 0.882. The molecule has 2 fully saturated rings. The molecule has 1 heterocycles. The van der Waals surface area contributed by atoms with Crippen molar-refractivity contribution in [3.8, 4) is 0 Å². The molecular weight excluding hydrogens is 334 g/mol. The number of aryl methyl sites for hydroxylation is 1. The molecule has 3 rings (SSSR count). The Labute approximate surface area is 143 Å². The first kappa shape index (κ1) is 19.0. The van der Waals surface area contributed by atoms with E-state index in [0.29, 0.717) is 10.9 Å². The minimum absolute atomic E-state index is 0. The van der Waals surface area contributed by atoms with Gasteiger partial charge in [-0.2, -0.15) is 0 Å². The van der Waals surface area contributed by atoms with Gasteiger partial charge in [-0.25, -0.2) is 4.39 Å². The largest absolute Gasteiger partial charge is 0.314 e. The number of benzene rings is 1. The Bertz CT molecular complexity index is 474. The van der Waals surface area contributed by atoms with E-state index < -0.39 is 0 Å². The maximum Gasteiger partial charge on any atom is 0.129 e. The second kappa shape index (κ2) is 7.98. The van der Waals surface area contributed by atoms with Crippen molar-refractivity contribution in [3.05, 3.63) is 34.1 Å². The highest BCUT2D eigenvalue weighted by atomic mass is 35.5. The number of hydrogen-bond donors (Lipinski definition) is 1. The van der Waals surface area contributed by atoms with E-state index in [2.05, 4.69) is 10.2 Å². The van der Waals surface area contributed by atoms with E-state index in [-0.39, 0.29) is 36.7 Å². The van der Waals surface area contributed by atoms with Gasteiger partial charge in [-0.15, -0.1) is 24.8 Å². The summed E-state index contributed by atoms with van der Waals surface area (Å²) in [6.45, 7) is 5.87. The number of rotatable bonds is 3. The molecule has 1 aromatic carbocycles. The zero-order valence-electron chi connectivity index (χ0n) is 12.1. The predicted molar refractivity (Wildman–Crippen MR) is 90.6 cm³/mol. The third kappa shape index (κ3) is 4.02. The summed E-state index contributed by atoms with van der Waals surface area (Å²) < 4.78 is 14.3. The fourth-order valence-corrected chi connectivity index (χ4v) is 3.30. The zero-order valence-corrected chi connectivity index (χ0v) is 14.5. The third-order valence-corrected chi connectivity index (χ3v) is 4.73. The Kier molecular flexibility index (Phi) is 7.21. The normalized spacial score (nSPS) is 20.3. The Balaban J connectivity index is 0.00000110. The summed E-state index contributed by atoms with van der Waals surface area (Å²) in [5.41, 5.74) is 1.70. The first-order valence-electron chi connectivity index (χ1n) is 7.07. The minimum atomic E-state index is -0.147. The fourth-order valence-electron chi connectivity index (χ4n) is 3.04. The Morgan fingerprint density at radius 3 is 2.43 bits per heavy atom. The SMILES string of the molecule is Cc1ccc(F)c([C@@H](C2CC2)N2CCNCC2)c1Cl.Cl.Cl. The third-order valence-electron chi connectivity index (χ3n) is 4.23. The van der Waals surface area contributed by atoms with Gasteiger partial charge in [-0.1, -0.05) is 17.7 Å². The lowest BCUT2D eigenvalue weighted by Crippen LogP contribution is -2.46. The van der Waals surface area contributed by atoms with Gasteiger partial charge in [0.1, 0.15) is 5.82 Å². The van der Waals surface area contributed by atoms with E-state index in [4.69, 9.17) is 11.6 Å². The van der Waals surface area contributed by atoms with Crippen molar-refractivity contribution < 1.29 is 4.39 Å². The van der Waals surface area contributed by atoms with Gasteiger partial charge in [-0.3, -0.25) is 4.90 Å². The van der Waals surface area contributed by atoms with Crippen LogP contribution in [-0.4, -0.2) is 31.1 Å². The monoisotopic (exact) mass is 354 g/mol. The van der Waals surface area contributed by atoms with Gasteiger partial charge >= 0.3 is 0 Å². The minimum Gasteiger partial charge on any atom is -0.314 e. The summed E-state index contributed by atoms with van der Waals surface area (Å²) in [5.74, 6) is 0.429. The molecule has 1 saturated heterocycles. The molecular formula is C15H22Cl3FN2. The van der Waals surface area contributed by atoms with Crippen LogP contribution in [-0.2, 0) is 0 Å². The number of nitrogens with one attached hydrogen (secondary N) is 1. The predicted octanol–water partition coefficient (Wildman–Crippen LogP) is 3.99. The van der Waals surface area contributed by atoms with Gasteiger partial charge < -0.3 is 5.32 Å². The Morgan fingerprint density at radius 1 is 1.24 bits per heavy atom. The van der Waals surface area contributed by atoms with Crippen LogP contribution < -0.4 is 5.32 Å². The number of piperazine rings is 1. The van der Waals surface area contributed by atoms with E-state index in [1.807, 2.05) is 6.92 Å². The fraction of sp³-hybridized carbons (Fsp3) is 0.600. The van der Waals surface area contributed by atoms with Crippen LogP contribution >= 0.6 is 36.4 Å². The van der Waals surface area contributed by atoms with Crippen LogP contribution in [0.4, 0.5) is 4.39 Å². The molecule has 2 nitrogen and oxygen atoms in total. The van der Waals surface area contributed by atoms with Crippen molar-refractivity contribution in [1.82, 2.24) is 10.2 Å². The van der Waals surface area contributed by atoms with Crippen LogP contribution in [0.1, 0.15) is 30.0 Å². The van der Waals surface area contributed by atoms with E-state index in [9.17, 15) is 4.39 Å². The molecule has 21 heavy (non-hydrogen) atoms. The molecule has 1 N–H and O–H groups in total. The van der Waals surface area contributed by atoms with E-state index in [1.54, 1.807) is 12.1 Å². The smallest absolute Gasteiger partial charge is 0.129 e. The molecule has 6 heteroatoms. The van der Waals surface area contributed by atoms with Gasteiger partial charge in [-0.05, 0) is 37.3 Å². The average molecular weight is 356 g/mol. The first-order chi connectivity index (χ1) is 9.18. The van der Waals surface area contributed by atoms with Crippen molar-refractivity contribution >= 4 is 36.4 Å². The zero-order chi connectivity index (χ0) is 13.4. The van der Waals surface area contributed by atoms with Crippen LogP contribution in [0.2, 0.25) is 5.02 Å². The molecule has 0 unspecified atom stereocenters.